The third kappa shape index (κ3) is 5.81. The summed E-state index contributed by atoms with van der Waals surface area (Å²) in [5, 5.41) is 9.19. The van der Waals surface area contributed by atoms with Crippen molar-refractivity contribution < 1.29 is 28.5 Å². The number of rotatable bonds is 11. The van der Waals surface area contributed by atoms with Crippen LogP contribution >= 0.6 is 7.60 Å². The molecular weight excluding hydrogens is 511 g/mol. The molecule has 0 bridgehead atoms. The van der Waals surface area contributed by atoms with E-state index in [0.29, 0.717) is 19.5 Å². The van der Waals surface area contributed by atoms with E-state index in [4.69, 9.17) is 4.52 Å². The Morgan fingerprint density at radius 2 is 1.74 bits per heavy atom. The van der Waals surface area contributed by atoms with Gasteiger partial charge in [0.25, 0.3) is 0 Å². The number of hydrogen-bond donors (Lipinski definition) is 1. The number of anilines is 1. The monoisotopic (exact) mass is 550 g/mol. The fourth-order valence-electron chi connectivity index (χ4n) is 5.87. The van der Waals surface area contributed by atoms with Crippen LogP contribution in [0.1, 0.15) is 58.6 Å². The molecule has 0 spiro atoms. The van der Waals surface area contributed by atoms with Gasteiger partial charge in [-0.2, -0.15) is 4.58 Å². The van der Waals surface area contributed by atoms with Crippen molar-refractivity contribution in [2.75, 3.05) is 30.8 Å². The molecule has 0 fully saturated rings. The smallest absolute Gasteiger partial charge is 0.303 e. The normalized spacial score (nSPS) is 19.9. The molecule has 4 rings (SSSR count). The number of nitrogens with zero attached hydrogens (tertiary/aromatic N) is 2. The summed E-state index contributed by atoms with van der Waals surface area (Å²) < 4.78 is 19.7. The van der Waals surface area contributed by atoms with Crippen molar-refractivity contribution >= 4 is 30.7 Å². The molecule has 0 amide bonds. The Bertz CT molecular complexity index is 1390. The van der Waals surface area contributed by atoms with E-state index in [9.17, 15) is 19.4 Å². The molecular formula is C31H39N2O5P. The van der Waals surface area contributed by atoms with Gasteiger partial charge >= 0.3 is 5.97 Å². The van der Waals surface area contributed by atoms with E-state index in [1.54, 1.807) is 6.92 Å². The van der Waals surface area contributed by atoms with Gasteiger partial charge < -0.3 is 24.0 Å². The molecule has 2 aliphatic heterocycles. The molecule has 0 radical (unpaired) electrons. The minimum Gasteiger partial charge on any atom is -0.778 e. The zero-order valence-electron chi connectivity index (χ0n) is 23.5. The van der Waals surface area contributed by atoms with Crippen LogP contribution in [0.5, 0.6) is 0 Å². The Morgan fingerprint density at radius 3 is 2.44 bits per heavy atom. The van der Waals surface area contributed by atoms with Crippen LogP contribution in [-0.4, -0.2) is 47.2 Å². The van der Waals surface area contributed by atoms with Gasteiger partial charge in [0.15, 0.2) is 5.71 Å². The van der Waals surface area contributed by atoms with Crippen molar-refractivity contribution in [3.63, 3.8) is 0 Å². The number of fused-ring (bicyclic) bond motifs is 2. The van der Waals surface area contributed by atoms with Crippen molar-refractivity contribution in [2.24, 2.45) is 0 Å². The molecule has 8 heteroatoms. The van der Waals surface area contributed by atoms with Crippen LogP contribution in [0, 0.1) is 0 Å². The third-order valence-corrected chi connectivity index (χ3v) is 9.20. The molecule has 7 nitrogen and oxygen atoms in total. The van der Waals surface area contributed by atoms with Crippen LogP contribution in [0.2, 0.25) is 0 Å². The summed E-state index contributed by atoms with van der Waals surface area (Å²) in [5.41, 5.74) is 6.03. The lowest BCUT2D eigenvalue weighted by molar-refractivity contribution is -0.438. The van der Waals surface area contributed by atoms with E-state index in [2.05, 4.69) is 67.5 Å². The predicted molar refractivity (Wildman–Crippen MR) is 154 cm³/mol. The Morgan fingerprint density at radius 1 is 1.08 bits per heavy atom. The van der Waals surface area contributed by atoms with Gasteiger partial charge in [0.1, 0.15) is 14.1 Å². The molecule has 0 aromatic heterocycles. The van der Waals surface area contributed by atoms with Crippen molar-refractivity contribution in [1.82, 2.24) is 0 Å². The summed E-state index contributed by atoms with van der Waals surface area (Å²) in [4.78, 5) is 25.7. The molecule has 0 saturated heterocycles. The van der Waals surface area contributed by atoms with E-state index >= 15 is 0 Å². The zero-order chi connectivity index (χ0) is 28.4. The second-order valence-corrected chi connectivity index (χ2v) is 13.1. The fourth-order valence-corrected chi connectivity index (χ4v) is 6.83. The largest absolute Gasteiger partial charge is 0.778 e. The van der Waals surface area contributed by atoms with Gasteiger partial charge in [-0.15, -0.1) is 0 Å². The molecule has 0 saturated carbocycles. The quantitative estimate of drug-likeness (QED) is 0.283. The van der Waals surface area contributed by atoms with Crippen molar-refractivity contribution in [1.29, 1.82) is 0 Å². The third-order valence-electron chi connectivity index (χ3n) is 7.80. The van der Waals surface area contributed by atoms with Gasteiger partial charge in [-0.05, 0) is 38.5 Å². The van der Waals surface area contributed by atoms with E-state index in [0.717, 1.165) is 28.3 Å². The average Bonchev–Trinajstić information content (AvgIpc) is 3.22. The predicted octanol–water partition coefficient (Wildman–Crippen LogP) is 5.76. The highest BCUT2D eigenvalue weighted by atomic mass is 31.2. The van der Waals surface area contributed by atoms with Gasteiger partial charge in [-0.1, -0.05) is 56.3 Å². The van der Waals surface area contributed by atoms with Gasteiger partial charge in [-0.3, -0.25) is 4.79 Å². The lowest BCUT2D eigenvalue weighted by Gasteiger charge is -2.30. The summed E-state index contributed by atoms with van der Waals surface area (Å²) in [5.74, 6) is -0.793. The number of allylic oxidation sites excluding steroid dienone is 4. The highest BCUT2D eigenvalue weighted by molar-refractivity contribution is 7.51. The van der Waals surface area contributed by atoms with Gasteiger partial charge in [-0.25, -0.2) is 0 Å². The van der Waals surface area contributed by atoms with Crippen LogP contribution < -0.4 is 9.79 Å². The summed E-state index contributed by atoms with van der Waals surface area (Å²) >= 11 is 0. The maximum atomic E-state index is 12.4. The number of hydrogen-bond acceptors (Lipinski definition) is 5. The van der Waals surface area contributed by atoms with Crippen LogP contribution in [0.3, 0.4) is 0 Å². The summed E-state index contributed by atoms with van der Waals surface area (Å²) in [6.45, 7) is 11.4. The average molecular weight is 551 g/mol. The summed E-state index contributed by atoms with van der Waals surface area (Å²) in [7, 11) is -3.93. The second kappa shape index (κ2) is 11.2. The number of carbonyl (C=O) groups is 1. The number of carboxylic acids is 1. The van der Waals surface area contributed by atoms with E-state index in [-0.39, 0.29) is 30.0 Å². The number of aliphatic carboxylic acids is 1. The van der Waals surface area contributed by atoms with Crippen LogP contribution in [-0.2, 0) is 24.7 Å². The highest BCUT2D eigenvalue weighted by Gasteiger charge is 2.44. The molecule has 1 unspecified atom stereocenters. The first-order chi connectivity index (χ1) is 18.4. The molecule has 39 heavy (non-hydrogen) atoms. The second-order valence-electron chi connectivity index (χ2n) is 11.1. The number of carboxylic acid groups (broad SMARTS) is 1. The Kier molecular flexibility index (Phi) is 8.36. The van der Waals surface area contributed by atoms with Crippen molar-refractivity contribution in [3.8, 4) is 0 Å². The lowest BCUT2D eigenvalue weighted by atomic mass is 9.81. The summed E-state index contributed by atoms with van der Waals surface area (Å²) in [6.07, 6.45) is 6.82. The Labute approximate surface area is 231 Å². The van der Waals surface area contributed by atoms with E-state index in [1.165, 1.54) is 5.56 Å². The first kappa shape index (κ1) is 29.0. The maximum Gasteiger partial charge on any atom is 0.303 e. The molecule has 1 atom stereocenters. The molecule has 2 aliphatic rings. The highest BCUT2D eigenvalue weighted by Crippen LogP contribution is 2.49. The molecule has 1 N–H and O–H groups in total. The van der Waals surface area contributed by atoms with Gasteiger partial charge in [0.05, 0.1) is 18.4 Å². The zero-order valence-corrected chi connectivity index (χ0v) is 24.4. The van der Waals surface area contributed by atoms with Crippen molar-refractivity contribution in [2.45, 2.75) is 58.3 Å². The molecule has 0 aliphatic carbocycles. The first-order valence-corrected chi connectivity index (χ1v) is 15.3. The minimum absolute atomic E-state index is 0.0800. The Balaban J connectivity index is 1.71. The minimum atomic E-state index is -3.93. The van der Waals surface area contributed by atoms with Crippen LogP contribution in [0.25, 0.3) is 0 Å². The number of para-hydroxylation sites is 2. The number of benzene rings is 2. The summed E-state index contributed by atoms with van der Waals surface area (Å²) in [6, 6.07) is 16.4. The SMILES string of the molecule is CCOP(=O)([O-])CCN1/C(=C/C=C/C2=[N+](CCCC(=O)O)c3ccccc3C2(C)C)C(C)(C)c2ccccc21. The molecule has 208 valence electrons. The Hall–Kier alpha value is -2.99. The van der Waals surface area contributed by atoms with Gasteiger partial charge in [0, 0.05) is 53.6 Å². The van der Waals surface area contributed by atoms with Crippen molar-refractivity contribution in [3.05, 3.63) is 83.6 Å². The lowest BCUT2D eigenvalue weighted by Crippen LogP contribution is -2.30. The first-order valence-electron chi connectivity index (χ1n) is 13.6. The van der Waals surface area contributed by atoms with Crippen LogP contribution in [0.15, 0.2) is 72.5 Å². The maximum absolute atomic E-state index is 12.4. The van der Waals surface area contributed by atoms with Crippen LogP contribution in [0.4, 0.5) is 11.4 Å². The van der Waals surface area contributed by atoms with E-state index in [1.807, 2.05) is 36.4 Å². The standard InChI is InChI=1S/C31H39N2O5P/c1-6-38-39(36,37)22-21-33-26-16-10-8-14-24(26)31(4,5)28(33)18-11-17-27-30(2,3)23-13-7-9-15-25(23)32(27)20-12-19-29(34)35/h7-11,13-18H,6,12,19-22H2,1-5H3,(H-,34,35,36,37). The molecule has 2 aromatic rings. The molecule has 2 aromatic carbocycles. The van der Waals surface area contributed by atoms with E-state index < -0.39 is 13.6 Å². The molecule has 2 heterocycles. The fraction of sp³-hybridized carbons (Fsp3) is 0.419. The van der Waals surface area contributed by atoms with Gasteiger partial charge in [0.2, 0.25) is 5.69 Å². The topological polar surface area (TPSA) is 92.9 Å².